The van der Waals surface area contributed by atoms with Gasteiger partial charge in [0, 0.05) is 145 Å². The van der Waals surface area contributed by atoms with E-state index < -0.39 is 0 Å². The van der Waals surface area contributed by atoms with Crippen LogP contribution in [-0.2, 0) is 0 Å². The molecule has 0 saturated carbocycles. The van der Waals surface area contributed by atoms with Gasteiger partial charge in [-0.2, -0.15) is 4.98 Å². The molecule has 0 aliphatic carbocycles. The molecule has 17 aromatic carbocycles. The summed E-state index contributed by atoms with van der Waals surface area (Å²) in [7, 11) is 0. The second-order valence-corrected chi connectivity index (χ2v) is 37.7. The lowest BCUT2D eigenvalue weighted by Gasteiger charge is -2.12. The summed E-state index contributed by atoms with van der Waals surface area (Å²) in [5.74, 6) is 4.80. The second kappa shape index (κ2) is 31.9. The molecule has 0 bridgehead atoms. The molecule has 0 unspecified atom stereocenters. The lowest BCUT2D eigenvalue weighted by atomic mass is 10.1. The topological polar surface area (TPSA) is 128 Å². The summed E-state index contributed by atoms with van der Waals surface area (Å²) in [4.78, 5) is 44.1. The normalized spacial score (nSPS) is 11.9. The van der Waals surface area contributed by atoms with Crippen LogP contribution in [-0.4, -0.2) is 62.7 Å². The van der Waals surface area contributed by atoms with E-state index in [4.69, 9.17) is 34.9 Å². The molecule has 0 fully saturated rings. The van der Waals surface area contributed by atoms with E-state index in [2.05, 4.69) is 428 Å². The van der Waals surface area contributed by atoms with Gasteiger partial charge in [0.2, 0.25) is 5.95 Å². The van der Waals surface area contributed by atoms with E-state index >= 15 is 0 Å². The maximum Gasteiger partial charge on any atom is 0.238 e. The fraction of sp³-hybridized carbons (Fsp3) is 0. The molecule has 13 aromatic heterocycles. The summed E-state index contributed by atoms with van der Waals surface area (Å²) in [6.45, 7) is 0. The van der Waals surface area contributed by atoms with Gasteiger partial charge in [-0.15, -0.1) is 45.3 Å². The Hall–Kier alpha value is -17.1. The van der Waals surface area contributed by atoms with Crippen molar-refractivity contribution >= 4 is 236 Å². The highest BCUT2D eigenvalue weighted by Crippen LogP contribution is 2.46. The predicted molar refractivity (Wildman–Crippen MR) is 568 cm³/mol. The van der Waals surface area contributed by atoms with Crippen LogP contribution in [0.3, 0.4) is 0 Å². The number of fused-ring (bicyclic) bond motifs is 27. The molecule has 0 atom stereocenters. The third-order valence-corrected chi connectivity index (χ3v) is 30.3. The minimum Gasteiger partial charge on any atom is -0.309 e. The van der Waals surface area contributed by atoms with Gasteiger partial charge < -0.3 is 9.13 Å². The fourth-order valence-corrected chi connectivity index (χ4v) is 24.3. The Labute approximate surface area is 786 Å². The van der Waals surface area contributed by atoms with Crippen molar-refractivity contribution in [1.82, 2.24) is 62.7 Å². The summed E-state index contributed by atoms with van der Waals surface area (Å²) < 4.78 is 16.4. The van der Waals surface area contributed by atoms with Crippen molar-refractivity contribution in [1.29, 1.82) is 0 Å². The van der Waals surface area contributed by atoms with Gasteiger partial charge >= 0.3 is 0 Å². The molecule has 30 rings (SSSR count). The molecule has 0 aliphatic heterocycles. The summed E-state index contributed by atoms with van der Waals surface area (Å²) in [5, 5.41) is 21.6. The summed E-state index contributed by atoms with van der Waals surface area (Å²) in [5.41, 5.74) is 16.9. The van der Waals surface area contributed by atoms with E-state index in [-0.39, 0.29) is 0 Å². The standard InChI is InChI=1S/C34H20N4S.3C28H17N3S/c1-6-16-26-21(11-1)22-12-2-7-17-27(22)37(26)32-31-25-15-5-10-20-30(25)39-33(31)36-34(35-32)38-28-18-8-3-13-23(28)24-14-4-9-19-29(24)38;1-4-13-24-20(10-1)21-11-2-5-14-25(21)31(24)19-9-7-8-18(16-19)27-29-17-23-22-12-3-6-15-26(22)32-28(23)30-27;1-4-10-24-20(7-1)21-8-2-5-11-25(21)31(24)19-15-13-18(14-16-19)27-29-17-23-22-9-3-6-12-26(22)32-28(23)30-27;1-2-10-18(11-3-1)26-29-27(25-21-14-6-9-17-24(21)32-28(25)30-26)31-22-15-7-4-12-19(22)20-13-5-8-16-23(20)31/h1-20H;3*1-17H. The minimum atomic E-state index is 0.684. The maximum absolute atomic E-state index is 5.43. The number of aromatic nitrogens is 13. The van der Waals surface area contributed by atoms with Gasteiger partial charge in [-0.3, -0.25) is 13.7 Å². The largest absolute Gasteiger partial charge is 0.309 e. The van der Waals surface area contributed by atoms with Crippen molar-refractivity contribution in [3.05, 3.63) is 431 Å². The highest BCUT2D eigenvalue weighted by Gasteiger charge is 2.26. The van der Waals surface area contributed by atoms with Gasteiger partial charge in [0.15, 0.2) is 29.1 Å². The number of thiophene rings is 4. The molecule has 0 radical (unpaired) electrons. The van der Waals surface area contributed by atoms with Crippen LogP contribution in [0.5, 0.6) is 0 Å². The Balaban J connectivity index is 0.0000000918. The molecule has 0 saturated heterocycles. The molecule has 13 nitrogen and oxygen atoms in total. The Morgan fingerprint density at radius 1 is 0.170 bits per heavy atom. The summed E-state index contributed by atoms with van der Waals surface area (Å²) in [6.07, 6.45) is 3.92. The van der Waals surface area contributed by atoms with Crippen molar-refractivity contribution in [2.75, 3.05) is 0 Å². The highest BCUT2D eigenvalue weighted by atomic mass is 32.1. The van der Waals surface area contributed by atoms with E-state index in [0.717, 1.165) is 131 Å². The molecule has 0 aliphatic rings. The number of hydrogen-bond acceptors (Lipinski definition) is 12. The number of hydrogen-bond donors (Lipinski definition) is 0. The van der Waals surface area contributed by atoms with Crippen LogP contribution in [0.25, 0.3) is 253 Å². The van der Waals surface area contributed by atoms with Gasteiger partial charge in [0.25, 0.3) is 0 Å². The van der Waals surface area contributed by atoms with Gasteiger partial charge in [-0.25, -0.2) is 34.9 Å². The van der Waals surface area contributed by atoms with Crippen LogP contribution in [0.4, 0.5) is 0 Å². The van der Waals surface area contributed by atoms with Crippen LogP contribution in [0.2, 0.25) is 0 Å². The van der Waals surface area contributed by atoms with Crippen LogP contribution in [0, 0.1) is 0 Å². The zero-order valence-electron chi connectivity index (χ0n) is 71.9. The summed E-state index contributed by atoms with van der Waals surface area (Å²) >= 11 is 6.90. The first kappa shape index (κ1) is 77.8. The molecule has 0 N–H and O–H groups in total. The van der Waals surface area contributed by atoms with E-state index in [1.165, 1.54) is 116 Å². The Bertz CT molecular complexity index is 9760. The molecular weight excluding hydrogens is 1730 g/mol. The van der Waals surface area contributed by atoms with E-state index in [9.17, 15) is 0 Å². The molecule has 632 valence electrons. The lowest BCUT2D eigenvalue weighted by molar-refractivity contribution is 0.976. The van der Waals surface area contributed by atoms with Gasteiger partial charge in [-0.05, 0) is 121 Å². The average molecular weight is 1800 g/mol. The molecule has 17 heteroatoms. The SMILES string of the molecule is c1cc(-c2ncc3c(n2)sc2ccccc23)cc(-n2c3ccccc3c3ccccc32)c1.c1ccc(-c2nc(-n3c4ccccc4c4ccccc43)c3c(n2)sc2ccccc23)cc1.c1ccc2c(c1)sc1nc(-c3ccc(-n4c5ccccc5c5ccccc54)cc3)ncc12.c1ccc2c(c1)sc1nc(-n3c4ccccc4c4ccccc43)nc(-n3c4ccccc4c4ccccc43)c12. The number of para-hydroxylation sites is 10. The first-order valence-electron chi connectivity index (χ1n) is 44.8. The van der Waals surface area contributed by atoms with Crippen molar-refractivity contribution in [3.63, 3.8) is 0 Å². The van der Waals surface area contributed by atoms with Crippen molar-refractivity contribution < 1.29 is 0 Å². The third kappa shape index (κ3) is 12.8. The summed E-state index contributed by atoms with van der Waals surface area (Å²) in [6, 6.07) is 147. The monoisotopic (exact) mass is 1800 g/mol. The zero-order valence-corrected chi connectivity index (χ0v) is 75.2. The van der Waals surface area contributed by atoms with Crippen molar-refractivity contribution in [2.45, 2.75) is 0 Å². The van der Waals surface area contributed by atoms with Crippen molar-refractivity contribution in [3.8, 4) is 63.1 Å². The first-order valence-corrected chi connectivity index (χ1v) is 48.1. The predicted octanol–water partition coefficient (Wildman–Crippen LogP) is 31.9. The van der Waals surface area contributed by atoms with Gasteiger partial charge in [0.05, 0.1) is 65.9 Å². The average Bonchev–Trinajstić information content (AvgIpc) is 1.49. The zero-order chi connectivity index (χ0) is 88.7. The fourth-order valence-electron chi connectivity index (χ4n) is 20.0. The van der Waals surface area contributed by atoms with Crippen LogP contribution >= 0.6 is 45.3 Å². The van der Waals surface area contributed by atoms with E-state index in [1.807, 2.05) is 30.6 Å². The minimum absolute atomic E-state index is 0.684. The number of rotatable bonds is 8. The van der Waals surface area contributed by atoms with Crippen LogP contribution in [0.1, 0.15) is 0 Å². The van der Waals surface area contributed by atoms with Crippen molar-refractivity contribution in [2.24, 2.45) is 0 Å². The molecular formula is C118H71N13S4. The number of nitrogens with zero attached hydrogens (tertiary/aromatic N) is 13. The quantitative estimate of drug-likeness (QED) is 0.147. The smallest absolute Gasteiger partial charge is 0.238 e. The molecule has 0 amide bonds. The Morgan fingerprint density at radius 3 is 0.852 bits per heavy atom. The Morgan fingerprint density at radius 2 is 0.452 bits per heavy atom. The molecule has 13 heterocycles. The lowest BCUT2D eigenvalue weighted by Crippen LogP contribution is -2.06. The Kier molecular flexibility index (Phi) is 18.4. The van der Waals surface area contributed by atoms with Crippen LogP contribution in [0.15, 0.2) is 431 Å². The third-order valence-electron chi connectivity index (χ3n) is 26.0. The molecule has 30 aromatic rings. The molecule has 0 spiro atoms. The molecule has 135 heavy (non-hydrogen) atoms. The van der Waals surface area contributed by atoms with E-state index in [0.29, 0.717) is 5.95 Å². The maximum atomic E-state index is 5.43. The first-order chi connectivity index (χ1) is 67.0. The number of benzene rings is 17. The van der Waals surface area contributed by atoms with Crippen LogP contribution < -0.4 is 0 Å². The van der Waals surface area contributed by atoms with Gasteiger partial charge in [-0.1, -0.05) is 297 Å². The van der Waals surface area contributed by atoms with Gasteiger partial charge in [0.1, 0.15) is 19.3 Å². The second-order valence-electron chi connectivity index (χ2n) is 33.6. The highest BCUT2D eigenvalue weighted by molar-refractivity contribution is 7.26. The van der Waals surface area contributed by atoms with E-state index in [1.54, 1.807) is 45.3 Å².